The van der Waals surface area contributed by atoms with E-state index < -0.39 is 12.3 Å². The average Bonchev–Trinajstić information content (AvgIpc) is 2.72. The molecule has 156 valence electrons. The second kappa shape index (κ2) is 11.4. The van der Waals surface area contributed by atoms with E-state index in [4.69, 9.17) is 21.1 Å². The predicted octanol–water partition coefficient (Wildman–Crippen LogP) is 3.17. The largest absolute Gasteiger partial charge is 0.354 e. The molecule has 7 heteroatoms. The number of nitrogens with one attached hydrogen (secondary N) is 1. The zero-order valence-electron chi connectivity index (χ0n) is 16.9. The van der Waals surface area contributed by atoms with Crippen molar-refractivity contribution < 1.29 is 19.1 Å². The summed E-state index contributed by atoms with van der Waals surface area (Å²) >= 11 is 5.88. The Hall–Kier alpha value is -1.63. The molecule has 2 rings (SSSR count). The highest BCUT2D eigenvalue weighted by molar-refractivity contribution is 6.27. The van der Waals surface area contributed by atoms with Crippen LogP contribution in [0, 0.1) is 6.92 Å². The molecule has 1 aromatic carbocycles. The van der Waals surface area contributed by atoms with E-state index in [-0.39, 0.29) is 30.3 Å². The van der Waals surface area contributed by atoms with Crippen molar-refractivity contribution in [3.05, 3.63) is 35.4 Å². The lowest BCUT2D eigenvalue weighted by Crippen LogP contribution is -2.50. The molecule has 0 unspecified atom stereocenters. The number of methoxy groups -OCH3 is 2. The molecule has 0 bridgehead atoms. The molecule has 0 aromatic heterocycles. The summed E-state index contributed by atoms with van der Waals surface area (Å²) in [7, 11) is 3.00. The van der Waals surface area contributed by atoms with Crippen LogP contribution in [-0.2, 0) is 19.1 Å². The maximum atomic E-state index is 13.4. The Morgan fingerprint density at radius 2 is 1.82 bits per heavy atom. The van der Waals surface area contributed by atoms with Crippen molar-refractivity contribution in [1.29, 1.82) is 0 Å². The first-order valence-corrected chi connectivity index (χ1v) is 10.3. The Balaban J connectivity index is 2.37. The van der Waals surface area contributed by atoms with Crippen molar-refractivity contribution in [2.45, 2.75) is 57.4 Å². The summed E-state index contributed by atoms with van der Waals surface area (Å²) in [6.45, 7) is 2.04. The van der Waals surface area contributed by atoms with Gasteiger partial charge in [-0.3, -0.25) is 9.59 Å². The third kappa shape index (κ3) is 5.93. The SMILES string of the molecule is COC(CN(C(=O)CCl)[C@@H](C(=O)NC1CCCCC1)c1ccccc1C)OC. The van der Waals surface area contributed by atoms with Gasteiger partial charge in [0.25, 0.3) is 0 Å². The molecular formula is C21H31ClN2O4. The van der Waals surface area contributed by atoms with E-state index in [0.717, 1.165) is 36.8 Å². The molecule has 0 radical (unpaired) electrons. The lowest BCUT2D eigenvalue weighted by molar-refractivity contribution is -0.153. The van der Waals surface area contributed by atoms with Crippen molar-refractivity contribution in [1.82, 2.24) is 10.2 Å². The molecule has 6 nitrogen and oxygen atoms in total. The molecule has 0 aliphatic heterocycles. The number of carbonyl (C=O) groups is 2. The lowest BCUT2D eigenvalue weighted by atomic mass is 9.94. The summed E-state index contributed by atoms with van der Waals surface area (Å²) < 4.78 is 10.6. The van der Waals surface area contributed by atoms with Crippen LogP contribution in [0.3, 0.4) is 0 Å². The zero-order valence-corrected chi connectivity index (χ0v) is 17.7. The van der Waals surface area contributed by atoms with Crippen LogP contribution < -0.4 is 5.32 Å². The monoisotopic (exact) mass is 410 g/mol. The van der Waals surface area contributed by atoms with Gasteiger partial charge in [-0.1, -0.05) is 43.5 Å². The van der Waals surface area contributed by atoms with Gasteiger partial charge >= 0.3 is 0 Å². The second-order valence-electron chi connectivity index (χ2n) is 7.18. The Morgan fingerprint density at radius 3 is 2.39 bits per heavy atom. The normalized spacial score (nSPS) is 16.0. The van der Waals surface area contributed by atoms with Crippen molar-refractivity contribution in [2.75, 3.05) is 26.6 Å². The molecule has 1 saturated carbocycles. The number of aryl methyl sites for hydroxylation is 1. The highest BCUT2D eigenvalue weighted by Gasteiger charge is 2.34. The van der Waals surface area contributed by atoms with E-state index >= 15 is 0 Å². The van der Waals surface area contributed by atoms with Crippen LogP contribution in [0.5, 0.6) is 0 Å². The van der Waals surface area contributed by atoms with Crippen LogP contribution in [0.4, 0.5) is 0 Å². The molecule has 1 aromatic rings. The van der Waals surface area contributed by atoms with Crippen LogP contribution in [-0.4, -0.2) is 55.7 Å². The van der Waals surface area contributed by atoms with E-state index in [1.54, 1.807) is 0 Å². The average molecular weight is 411 g/mol. The number of amides is 2. The fourth-order valence-corrected chi connectivity index (χ4v) is 3.86. The first kappa shape index (κ1) is 22.7. The van der Waals surface area contributed by atoms with E-state index in [1.807, 2.05) is 31.2 Å². The summed E-state index contributed by atoms with van der Waals surface area (Å²) in [5.74, 6) is -0.752. The van der Waals surface area contributed by atoms with Crippen molar-refractivity contribution >= 4 is 23.4 Å². The Morgan fingerprint density at radius 1 is 1.18 bits per heavy atom. The summed E-state index contributed by atoms with van der Waals surface area (Å²) in [4.78, 5) is 27.5. The van der Waals surface area contributed by atoms with Crippen LogP contribution in [0.25, 0.3) is 0 Å². The molecule has 1 fully saturated rings. The number of nitrogens with zero attached hydrogens (tertiary/aromatic N) is 1. The molecule has 1 N–H and O–H groups in total. The minimum Gasteiger partial charge on any atom is -0.354 e. The fraction of sp³-hybridized carbons (Fsp3) is 0.619. The molecule has 0 heterocycles. The minimum absolute atomic E-state index is 0.107. The number of hydrogen-bond donors (Lipinski definition) is 1. The standard InChI is InChI=1S/C21H31ClN2O4/c1-15-9-7-8-12-17(15)20(21(26)23-16-10-5-4-6-11-16)24(18(25)13-22)14-19(27-2)28-3/h7-9,12,16,19-20H,4-6,10-11,13-14H2,1-3H3,(H,23,26)/t20-/m1/s1. The summed E-state index contributed by atoms with van der Waals surface area (Å²) in [5.41, 5.74) is 1.71. The van der Waals surface area contributed by atoms with Gasteiger partial charge in [0.05, 0.1) is 6.54 Å². The summed E-state index contributed by atoms with van der Waals surface area (Å²) in [6, 6.07) is 6.95. The highest BCUT2D eigenvalue weighted by Crippen LogP contribution is 2.27. The van der Waals surface area contributed by atoms with E-state index in [0.29, 0.717) is 0 Å². The second-order valence-corrected chi connectivity index (χ2v) is 7.45. The fourth-order valence-electron chi connectivity index (χ4n) is 3.71. The van der Waals surface area contributed by atoms with Crippen molar-refractivity contribution in [2.24, 2.45) is 0 Å². The van der Waals surface area contributed by atoms with E-state index in [9.17, 15) is 9.59 Å². The first-order chi connectivity index (χ1) is 13.5. The number of carbonyl (C=O) groups excluding carboxylic acids is 2. The van der Waals surface area contributed by atoms with Crippen LogP contribution in [0.2, 0.25) is 0 Å². The van der Waals surface area contributed by atoms with Crippen molar-refractivity contribution in [3.8, 4) is 0 Å². The van der Waals surface area contributed by atoms with Crippen LogP contribution in [0.1, 0.15) is 49.3 Å². The molecule has 28 heavy (non-hydrogen) atoms. The lowest BCUT2D eigenvalue weighted by Gasteiger charge is -2.35. The maximum Gasteiger partial charge on any atom is 0.247 e. The number of hydrogen-bond acceptors (Lipinski definition) is 4. The zero-order chi connectivity index (χ0) is 20.5. The van der Waals surface area contributed by atoms with Gasteiger partial charge in [0.1, 0.15) is 11.9 Å². The minimum atomic E-state index is -0.790. The van der Waals surface area contributed by atoms with Gasteiger partial charge < -0.3 is 19.7 Å². The van der Waals surface area contributed by atoms with E-state index in [1.165, 1.54) is 25.5 Å². The number of rotatable bonds is 9. The number of halogens is 1. The summed E-state index contributed by atoms with van der Waals surface area (Å²) in [6.07, 6.45) is 4.71. The Labute approximate surface area is 172 Å². The molecular weight excluding hydrogens is 380 g/mol. The Kier molecular flexibility index (Phi) is 9.22. The van der Waals surface area contributed by atoms with Gasteiger partial charge in [-0.2, -0.15) is 0 Å². The van der Waals surface area contributed by atoms with Gasteiger partial charge in [-0.05, 0) is 30.9 Å². The van der Waals surface area contributed by atoms with E-state index in [2.05, 4.69) is 5.32 Å². The van der Waals surface area contributed by atoms with Crippen LogP contribution in [0.15, 0.2) is 24.3 Å². The van der Waals surface area contributed by atoms with Gasteiger partial charge in [-0.25, -0.2) is 0 Å². The topological polar surface area (TPSA) is 67.9 Å². The molecule has 0 spiro atoms. The highest BCUT2D eigenvalue weighted by atomic mass is 35.5. The summed E-state index contributed by atoms with van der Waals surface area (Å²) in [5, 5.41) is 3.16. The van der Waals surface area contributed by atoms with Gasteiger partial charge in [-0.15, -0.1) is 11.6 Å². The van der Waals surface area contributed by atoms with Gasteiger partial charge in [0.15, 0.2) is 6.29 Å². The van der Waals surface area contributed by atoms with Crippen LogP contribution >= 0.6 is 11.6 Å². The Bertz CT molecular complexity index is 645. The first-order valence-electron chi connectivity index (χ1n) is 9.78. The number of ether oxygens (including phenoxy) is 2. The van der Waals surface area contributed by atoms with Gasteiger partial charge in [0.2, 0.25) is 11.8 Å². The third-order valence-corrected chi connectivity index (χ3v) is 5.53. The maximum absolute atomic E-state index is 13.4. The smallest absolute Gasteiger partial charge is 0.247 e. The quantitative estimate of drug-likeness (QED) is 0.501. The molecule has 2 amide bonds. The molecule has 1 aliphatic carbocycles. The van der Waals surface area contributed by atoms with Gasteiger partial charge in [0, 0.05) is 20.3 Å². The third-order valence-electron chi connectivity index (χ3n) is 5.30. The number of benzene rings is 1. The predicted molar refractivity (Wildman–Crippen MR) is 109 cm³/mol. The molecule has 1 aliphatic rings. The molecule has 1 atom stereocenters. The van der Waals surface area contributed by atoms with Crippen molar-refractivity contribution in [3.63, 3.8) is 0 Å². The number of alkyl halides is 1. The molecule has 0 saturated heterocycles.